The van der Waals surface area contributed by atoms with Crippen LogP contribution in [0, 0.1) is 6.92 Å². The Bertz CT molecular complexity index is 1060. The van der Waals surface area contributed by atoms with Crippen molar-refractivity contribution >= 4 is 17.7 Å². The number of carbonyl (C=O) groups is 3. The van der Waals surface area contributed by atoms with Gasteiger partial charge in [-0.15, -0.1) is 5.10 Å². The minimum absolute atomic E-state index is 0.116. The van der Waals surface area contributed by atoms with Crippen molar-refractivity contribution in [2.45, 2.75) is 13.3 Å². The predicted molar refractivity (Wildman–Crippen MR) is 105 cm³/mol. The van der Waals surface area contributed by atoms with Gasteiger partial charge in [0.2, 0.25) is 0 Å². The number of nitrogens with zero attached hydrogens (tertiary/aromatic N) is 5. The SMILES string of the molecule is Cc1nn(-c2ccccc2)nc1C(=O)N1CCCN1C(=O)CNC(=O)c1ccco1. The molecule has 3 heterocycles. The summed E-state index contributed by atoms with van der Waals surface area (Å²) in [5, 5.41) is 13.8. The van der Waals surface area contributed by atoms with Crippen molar-refractivity contribution in [1.82, 2.24) is 30.3 Å². The van der Waals surface area contributed by atoms with Crippen LogP contribution in [-0.4, -0.2) is 62.4 Å². The van der Waals surface area contributed by atoms with E-state index in [1.54, 1.807) is 13.0 Å². The summed E-state index contributed by atoms with van der Waals surface area (Å²) in [5.41, 5.74) is 1.38. The summed E-state index contributed by atoms with van der Waals surface area (Å²) >= 11 is 0. The quantitative estimate of drug-likeness (QED) is 0.678. The summed E-state index contributed by atoms with van der Waals surface area (Å²) in [5.74, 6) is -1.18. The van der Waals surface area contributed by atoms with Gasteiger partial charge in [-0.2, -0.15) is 9.90 Å². The Morgan fingerprint density at radius 2 is 1.80 bits per heavy atom. The van der Waals surface area contributed by atoms with Gasteiger partial charge in [-0.1, -0.05) is 18.2 Å². The van der Waals surface area contributed by atoms with Crippen molar-refractivity contribution in [1.29, 1.82) is 0 Å². The topological polar surface area (TPSA) is 114 Å². The van der Waals surface area contributed by atoms with E-state index < -0.39 is 17.7 Å². The number of hydrogen-bond donors (Lipinski definition) is 1. The Hall–Kier alpha value is -3.95. The fourth-order valence-electron chi connectivity index (χ4n) is 3.20. The van der Waals surface area contributed by atoms with E-state index >= 15 is 0 Å². The highest BCUT2D eigenvalue weighted by Crippen LogP contribution is 2.17. The summed E-state index contributed by atoms with van der Waals surface area (Å²) in [4.78, 5) is 39.1. The van der Waals surface area contributed by atoms with Crippen LogP contribution in [0.2, 0.25) is 0 Å². The zero-order valence-electron chi connectivity index (χ0n) is 16.3. The van der Waals surface area contributed by atoms with Crippen LogP contribution >= 0.6 is 0 Å². The molecule has 1 N–H and O–H groups in total. The van der Waals surface area contributed by atoms with E-state index in [1.165, 1.54) is 27.1 Å². The molecule has 0 spiro atoms. The molecule has 0 unspecified atom stereocenters. The molecule has 3 aromatic rings. The number of aryl methyl sites for hydroxylation is 1. The molecular weight excluding hydrogens is 388 g/mol. The first-order valence-corrected chi connectivity index (χ1v) is 9.48. The highest BCUT2D eigenvalue weighted by atomic mass is 16.3. The summed E-state index contributed by atoms with van der Waals surface area (Å²) in [6, 6.07) is 12.3. The summed E-state index contributed by atoms with van der Waals surface area (Å²) in [6.07, 6.45) is 2.01. The van der Waals surface area contributed by atoms with E-state index in [1.807, 2.05) is 30.3 Å². The van der Waals surface area contributed by atoms with Gasteiger partial charge in [0.15, 0.2) is 11.5 Å². The molecule has 0 bridgehead atoms. The Kier molecular flexibility index (Phi) is 5.29. The Morgan fingerprint density at radius 3 is 2.53 bits per heavy atom. The highest BCUT2D eigenvalue weighted by Gasteiger charge is 2.33. The first kappa shape index (κ1) is 19.4. The number of para-hydroxylation sites is 1. The maximum Gasteiger partial charge on any atom is 0.294 e. The molecule has 1 aliphatic rings. The lowest BCUT2D eigenvalue weighted by Gasteiger charge is -2.27. The summed E-state index contributed by atoms with van der Waals surface area (Å²) < 4.78 is 5.00. The number of aromatic nitrogens is 3. The molecule has 0 saturated carbocycles. The molecular formula is C20H20N6O4. The van der Waals surface area contributed by atoms with E-state index in [2.05, 4.69) is 15.5 Å². The monoisotopic (exact) mass is 408 g/mol. The van der Waals surface area contributed by atoms with Gasteiger partial charge in [0, 0.05) is 13.1 Å². The van der Waals surface area contributed by atoms with E-state index in [0.29, 0.717) is 25.2 Å². The molecule has 1 saturated heterocycles. The molecule has 3 amide bonds. The number of carbonyl (C=O) groups excluding carboxylic acids is 3. The fraction of sp³-hybridized carbons (Fsp3) is 0.250. The van der Waals surface area contributed by atoms with Crippen LogP contribution in [0.15, 0.2) is 53.1 Å². The number of amides is 3. The number of benzene rings is 1. The minimum Gasteiger partial charge on any atom is -0.459 e. The third kappa shape index (κ3) is 3.79. The van der Waals surface area contributed by atoms with Crippen LogP contribution in [-0.2, 0) is 4.79 Å². The maximum atomic E-state index is 13.1. The van der Waals surface area contributed by atoms with Crippen molar-refractivity contribution < 1.29 is 18.8 Å². The van der Waals surface area contributed by atoms with Crippen LogP contribution in [0.4, 0.5) is 0 Å². The molecule has 154 valence electrons. The Morgan fingerprint density at radius 1 is 1.03 bits per heavy atom. The molecule has 4 rings (SSSR count). The number of hydrazine groups is 1. The number of nitrogens with one attached hydrogen (secondary N) is 1. The Balaban J connectivity index is 1.45. The van der Waals surface area contributed by atoms with Crippen molar-refractivity contribution in [3.8, 4) is 5.69 Å². The second-order valence-corrected chi connectivity index (χ2v) is 6.72. The van der Waals surface area contributed by atoms with Crippen molar-refractivity contribution in [2.75, 3.05) is 19.6 Å². The molecule has 30 heavy (non-hydrogen) atoms. The van der Waals surface area contributed by atoms with Crippen molar-refractivity contribution in [3.05, 3.63) is 65.9 Å². The van der Waals surface area contributed by atoms with E-state index in [-0.39, 0.29) is 18.0 Å². The lowest BCUT2D eigenvalue weighted by Crippen LogP contribution is -2.48. The van der Waals surface area contributed by atoms with Gasteiger partial charge in [0.05, 0.1) is 24.2 Å². The average molecular weight is 408 g/mol. The van der Waals surface area contributed by atoms with Crippen LogP contribution in [0.5, 0.6) is 0 Å². The zero-order valence-corrected chi connectivity index (χ0v) is 16.3. The number of hydrogen-bond acceptors (Lipinski definition) is 6. The molecule has 1 aliphatic heterocycles. The smallest absolute Gasteiger partial charge is 0.294 e. The largest absolute Gasteiger partial charge is 0.459 e. The van der Waals surface area contributed by atoms with Gasteiger partial charge < -0.3 is 9.73 Å². The van der Waals surface area contributed by atoms with Crippen LogP contribution in [0.1, 0.15) is 33.2 Å². The molecule has 10 heteroatoms. The maximum absolute atomic E-state index is 13.1. The summed E-state index contributed by atoms with van der Waals surface area (Å²) in [6.45, 7) is 2.21. The van der Waals surface area contributed by atoms with Crippen molar-refractivity contribution in [3.63, 3.8) is 0 Å². The Labute approximate surface area is 172 Å². The molecule has 10 nitrogen and oxygen atoms in total. The van der Waals surface area contributed by atoms with E-state index in [9.17, 15) is 14.4 Å². The van der Waals surface area contributed by atoms with Gasteiger partial charge in [0.1, 0.15) is 0 Å². The molecule has 0 aliphatic carbocycles. The van der Waals surface area contributed by atoms with Crippen LogP contribution < -0.4 is 5.32 Å². The normalized spacial score (nSPS) is 13.5. The lowest BCUT2D eigenvalue weighted by atomic mass is 10.3. The van der Waals surface area contributed by atoms with E-state index in [0.717, 1.165) is 5.69 Å². The second kappa shape index (κ2) is 8.19. The van der Waals surface area contributed by atoms with Gasteiger partial charge in [-0.05, 0) is 37.6 Å². The number of furan rings is 1. The number of rotatable bonds is 5. The molecule has 0 atom stereocenters. The average Bonchev–Trinajstić information content (AvgIpc) is 3.52. The molecule has 1 fully saturated rings. The standard InChI is InChI=1S/C20H20N6O4/c1-14-18(23-26(22-14)15-7-3-2-4-8-15)20(29)25-11-6-10-24(25)17(27)13-21-19(28)16-9-5-12-30-16/h2-5,7-9,12H,6,10-11,13H2,1H3,(H,21,28). The van der Waals surface area contributed by atoms with Gasteiger partial charge in [0.25, 0.3) is 17.7 Å². The minimum atomic E-state index is -0.493. The molecule has 0 radical (unpaired) electrons. The fourth-order valence-corrected chi connectivity index (χ4v) is 3.20. The first-order valence-electron chi connectivity index (χ1n) is 9.48. The third-order valence-electron chi connectivity index (χ3n) is 4.67. The van der Waals surface area contributed by atoms with Gasteiger partial charge >= 0.3 is 0 Å². The highest BCUT2D eigenvalue weighted by molar-refractivity contribution is 5.96. The van der Waals surface area contributed by atoms with E-state index in [4.69, 9.17) is 4.42 Å². The van der Waals surface area contributed by atoms with Crippen molar-refractivity contribution in [2.24, 2.45) is 0 Å². The summed E-state index contributed by atoms with van der Waals surface area (Å²) in [7, 11) is 0. The second-order valence-electron chi connectivity index (χ2n) is 6.72. The van der Waals surface area contributed by atoms with Crippen LogP contribution in [0.25, 0.3) is 5.69 Å². The van der Waals surface area contributed by atoms with Gasteiger partial charge in [-0.3, -0.25) is 14.4 Å². The third-order valence-corrected chi connectivity index (χ3v) is 4.67. The zero-order chi connectivity index (χ0) is 21.1. The molecule has 1 aromatic carbocycles. The lowest BCUT2D eigenvalue weighted by molar-refractivity contribution is -0.139. The molecule has 2 aromatic heterocycles. The van der Waals surface area contributed by atoms with Crippen LogP contribution in [0.3, 0.4) is 0 Å². The van der Waals surface area contributed by atoms with Gasteiger partial charge in [-0.25, -0.2) is 10.0 Å². The predicted octanol–water partition coefficient (Wildman–Crippen LogP) is 1.19. The first-order chi connectivity index (χ1) is 14.5.